The van der Waals surface area contributed by atoms with Crippen molar-refractivity contribution >= 4 is 11.6 Å². The van der Waals surface area contributed by atoms with E-state index in [1.807, 2.05) is 47.4 Å². The molecule has 0 spiro atoms. The summed E-state index contributed by atoms with van der Waals surface area (Å²) in [6.07, 6.45) is 5.38. The van der Waals surface area contributed by atoms with Gasteiger partial charge >= 0.3 is 0 Å². The van der Waals surface area contributed by atoms with Crippen molar-refractivity contribution in [2.45, 2.75) is 18.5 Å². The van der Waals surface area contributed by atoms with Crippen LogP contribution < -0.4 is 10.1 Å². The third-order valence-electron chi connectivity index (χ3n) is 6.35. The molecule has 33 heavy (non-hydrogen) atoms. The molecule has 0 aliphatic carbocycles. The molecular weight excluding hydrogens is 416 g/mol. The lowest BCUT2D eigenvalue weighted by atomic mass is 9.82. The summed E-state index contributed by atoms with van der Waals surface area (Å²) in [6, 6.07) is 13.3. The summed E-state index contributed by atoms with van der Waals surface area (Å²) in [5, 5.41) is 13.4. The second kappa shape index (κ2) is 8.93. The summed E-state index contributed by atoms with van der Waals surface area (Å²) >= 11 is 0. The van der Waals surface area contributed by atoms with Crippen molar-refractivity contribution in [1.82, 2.24) is 14.9 Å². The minimum Gasteiger partial charge on any atom is -0.497 e. The van der Waals surface area contributed by atoms with Crippen molar-refractivity contribution < 1.29 is 14.6 Å². The van der Waals surface area contributed by atoms with Gasteiger partial charge in [-0.25, -0.2) is 4.98 Å². The minimum absolute atomic E-state index is 0.00675. The molecule has 3 aromatic rings. The van der Waals surface area contributed by atoms with Crippen molar-refractivity contribution in [3.05, 3.63) is 83.4 Å². The van der Waals surface area contributed by atoms with Gasteiger partial charge in [-0.1, -0.05) is 11.8 Å². The first-order chi connectivity index (χ1) is 16.2. The Bertz CT molecular complexity index is 1220. The lowest BCUT2D eigenvalue weighted by molar-refractivity contribution is 0.0694. The number of ether oxygens (including phenoxy) is 1. The molecule has 3 heterocycles. The Kier molecular flexibility index (Phi) is 5.68. The molecule has 0 radical (unpaired) electrons. The number of aliphatic hydroxyl groups excluding tert-OH is 1. The third-order valence-corrected chi connectivity index (χ3v) is 6.35. The monoisotopic (exact) mass is 440 g/mol. The molecule has 2 aromatic carbocycles. The predicted octanol–water partition coefficient (Wildman–Crippen LogP) is 2.87. The number of amides is 1. The van der Waals surface area contributed by atoms with Gasteiger partial charge in [0.15, 0.2) is 0 Å². The quantitative estimate of drug-likeness (QED) is 0.609. The van der Waals surface area contributed by atoms with E-state index in [9.17, 15) is 9.90 Å². The number of hydrogen-bond donors (Lipinski definition) is 2. The maximum Gasteiger partial charge on any atom is 0.274 e. The van der Waals surface area contributed by atoms with Crippen molar-refractivity contribution in [2.24, 2.45) is 5.92 Å². The van der Waals surface area contributed by atoms with Gasteiger partial charge in [0.1, 0.15) is 11.4 Å². The molecule has 7 heteroatoms. The largest absolute Gasteiger partial charge is 0.497 e. The summed E-state index contributed by atoms with van der Waals surface area (Å²) in [5.74, 6) is 7.18. The van der Waals surface area contributed by atoms with Gasteiger partial charge in [-0.3, -0.25) is 9.78 Å². The van der Waals surface area contributed by atoms with E-state index < -0.39 is 0 Å². The zero-order valence-corrected chi connectivity index (χ0v) is 18.2. The molecule has 1 amide bonds. The van der Waals surface area contributed by atoms with E-state index in [0.717, 1.165) is 34.5 Å². The molecule has 1 saturated heterocycles. The van der Waals surface area contributed by atoms with Crippen LogP contribution in [0.5, 0.6) is 5.75 Å². The number of nitrogens with one attached hydrogen (secondary N) is 1. The fraction of sp³-hybridized carbons (Fsp3) is 0.269. The van der Waals surface area contributed by atoms with Crippen LogP contribution in [-0.4, -0.2) is 52.2 Å². The van der Waals surface area contributed by atoms with E-state index in [2.05, 4.69) is 27.1 Å². The number of carbonyl (C=O) groups is 1. The van der Waals surface area contributed by atoms with Crippen LogP contribution >= 0.6 is 0 Å². The first kappa shape index (κ1) is 21.0. The number of benzene rings is 2. The van der Waals surface area contributed by atoms with E-state index in [0.29, 0.717) is 12.2 Å². The summed E-state index contributed by atoms with van der Waals surface area (Å²) in [4.78, 5) is 23.4. The van der Waals surface area contributed by atoms with Crippen LogP contribution in [0.15, 0.2) is 61.1 Å². The van der Waals surface area contributed by atoms with Crippen molar-refractivity contribution in [2.75, 3.05) is 25.6 Å². The number of likely N-dealkylation sites (tertiary alicyclic amines) is 1. The summed E-state index contributed by atoms with van der Waals surface area (Å²) in [6.45, 7) is 0.608. The van der Waals surface area contributed by atoms with Crippen LogP contribution in [0.2, 0.25) is 0 Å². The first-order valence-electron chi connectivity index (χ1n) is 10.9. The SMILES string of the molecule is COc1ccc(C#Cc2ccc3c(c2)[C@@H]2[C@@H](CCN2C(=O)c2cnccn2)[C@@H](CO)N3)cc1. The Morgan fingerprint density at radius 1 is 1.18 bits per heavy atom. The Morgan fingerprint density at radius 3 is 2.70 bits per heavy atom. The van der Waals surface area contributed by atoms with Crippen LogP contribution in [0.4, 0.5) is 5.69 Å². The molecule has 2 aliphatic rings. The van der Waals surface area contributed by atoms with Crippen LogP contribution in [0.3, 0.4) is 0 Å². The zero-order valence-electron chi connectivity index (χ0n) is 18.2. The van der Waals surface area contributed by atoms with E-state index in [4.69, 9.17) is 4.74 Å². The smallest absolute Gasteiger partial charge is 0.274 e. The number of anilines is 1. The van der Waals surface area contributed by atoms with Crippen LogP contribution in [0.1, 0.15) is 39.6 Å². The van der Waals surface area contributed by atoms with E-state index in [1.54, 1.807) is 13.3 Å². The van der Waals surface area contributed by atoms with Gasteiger partial charge in [0.05, 0.1) is 32.0 Å². The standard InChI is InChI=1S/C26H24N4O3/c1-33-19-7-4-17(5-8-19)2-3-18-6-9-22-21(14-18)25-20(24(16-31)29-22)10-13-30(25)26(32)23-15-27-11-12-28-23/h4-9,11-12,14-15,20,24-25,29,31H,10,13,16H2,1H3/t20-,24+,25-/m0/s1. The molecule has 7 nitrogen and oxygen atoms in total. The van der Waals surface area contributed by atoms with Gasteiger partial charge < -0.3 is 20.1 Å². The lowest BCUT2D eigenvalue weighted by Crippen LogP contribution is -2.43. The molecule has 0 bridgehead atoms. The minimum atomic E-state index is -0.157. The van der Waals surface area contributed by atoms with Gasteiger partial charge in [-0.2, -0.15) is 0 Å². The number of rotatable bonds is 3. The maximum absolute atomic E-state index is 13.3. The average molecular weight is 441 g/mol. The highest BCUT2D eigenvalue weighted by Gasteiger charge is 2.46. The maximum atomic E-state index is 13.3. The van der Waals surface area contributed by atoms with Gasteiger partial charge in [-0.05, 0) is 54.4 Å². The molecule has 2 aliphatic heterocycles. The van der Waals surface area contributed by atoms with Gasteiger partial charge in [0, 0.05) is 41.7 Å². The summed E-state index contributed by atoms with van der Waals surface area (Å²) in [5.41, 5.74) is 4.02. The molecule has 0 saturated carbocycles. The molecule has 0 unspecified atom stereocenters. The van der Waals surface area contributed by atoms with Crippen molar-refractivity contribution in [3.63, 3.8) is 0 Å². The predicted molar refractivity (Wildman–Crippen MR) is 124 cm³/mol. The van der Waals surface area contributed by atoms with E-state index in [1.165, 1.54) is 12.4 Å². The molecule has 3 atom stereocenters. The second-order valence-corrected chi connectivity index (χ2v) is 8.20. The van der Waals surface area contributed by atoms with Crippen LogP contribution in [0, 0.1) is 17.8 Å². The Balaban J connectivity index is 1.49. The fourth-order valence-electron chi connectivity index (χ4n) is 4.74. The summed E-state index contributed by atoms with van der Waals surface area (Å²) in [7, 11) is 1.64. The molecule has 166 valence electrons. The average Bonchev–Trinajstić information content (AvgIpc) is 3.33. The normalized spacial score (nSPS) is 20.7. The van der Waals surface area contributed by atoms with Crippen molar-refractivity contribution in [1.29, 1.82) is 0 Å². The number of nitrogens with zero attached hydrogens (tertiary/aromatic N) is 3. The first-order valence-corrected chi connectivity index (χ1v) is 10.9. The van der Waals surface area contributed by atoms with Crippen LogP contribution in [0.25, 0.3) is 0 Å². The van der Waals surface area contributed by atoms with Gasteiger partial charge in [0.2, 0.25) is 0 Å². The number of fused-ring (bicyclic) bond motifs is 3. The molecule has 1 aromatic heterocycles. The number of aliphatic hydroxyl groups is 1. The van der Waals surface area contributed by atoms with Gasteiger partial charge in [0.25, 0.3) is 5.91 Å². The molecule has 2 N–H and O–H groups in total. The third kappa shape index (κ3) is 4.01. The molecule has 1 fully saturated rings. The number of aromatic nitrogens is 2. The van der Waals surface area contributed by atoms with Gasteiger partial charge in [-0.15, -0.1) is 0 Å². The Labute approximate surface area is 192 Å². The topological polar surface area (TPSA) is 87.6 Å². The fourth-order valence-corrected chi connectivity index (χ4v) is 4.74. The zero-order chi connectivity index (χ0) is 22.8. The van der Waals surface area contributed by atoms with Crippen molar-refractivity contribution in [3.8, 4) is 17.6 Å². The van der Waals surface area contributed by atoms with Crippen LogP contribution in [-0.2, 0) is 0 Å². The highest BCUT2D eigenvalue weighted by atomic mass is 16.5. The molecular formula is C26H24N4O3. The van der Waals surface area contributed by atoms with E-state index >= 15 is 0 Å². The Morgan fingerprint density at radius 2 is 1.97 bits per heavy atom. The lowest BCUT2D eigenvalue weighted by Gasteiger charge is -2.39. The summed E-state index contributed by atoms with van der Waals surface area (Å²) < 4.78 is 5.20. The molecule has 5 rings (SSSR count). The Hall–Kier alpha value is -3.89. The number of methoxy groups -OCH3 is 1. The number of carbonyl (C=O) groups excluding carboxylic acids is 1. The van der Waals surface area contributed by atoms with E-state index in [-0.39, 0.29) is 30.5 Å². The number of hydrogen-bond acceptors (Lipinski definition) is 6. The second-order valence-electron chi connectivity index (χ2n) is 8.20. The highest BCUT2D eigenvalue weighted by Crippen LogP contribution is 2.46. The highest BCUT2D eigenvalue weighted by molar-refractivity contribution is 5.92.